The van der Waals surface area contributed by atoms with Crippen LogP contribution in [0.1, 0.15) is 41.6 Å². The number of hydrogen-bond acceptors (Lipinski definition) is 9. The average molecular weight is 620 g/mol. The number of fused-ring (bicyclic) bond motifs is 1. The van der Waals surface area contributed by atoms with Crippen LogP contribution in [0.3, 0.4) is 0 Å². The lowest BCUT2D eigenvalue weighted by atomic mass is 10.1. The highest BCUT2D eigenvalue weighted by Crippen LogP contribution is 2.27. The smallest absolute Gasteiger partial charge is 0.326 e. The highest BCUT2D eigenvalue weighted by atomic mass is 35.5. The van der Waals surface area contributed by atoms with Gasteiger partial charge in [0.2, 0.25) is 11.9 Å². The third-order valence-corrected chi connectivity index (χ3v) is 6.83. The molecule has 43 heavy (non-hydrogen) atoms. The van der Waals surface area contributed by atoms with Gasteiger partial charge in [-0.1, -0.05) is 11.6 Å². The van der Waals surface area contributed by atoms with Gasteiger partial charge >= 0.3 is 17.9 Å². The van der Waals surface area contributed by atoms with E-state index in [1.54, 1.807) is 24.2 Å². The predicted molar refractivity (Wildman–Crippen MR) is 154 cm³/mol. The van der Waals surface area contributed by atoms with Gasteiger partial charge in [0.25, 0.3) is 11.5 Å². The number of hydrogen-bond donors (Lipinski definition) is 8. The number of carboxylic acid groups (broad SMARTS) is 3. The summed E-state index contributed by atoms with van der Waals surface area (Å²) in [6, 6.07) is 1.44. The predicted octanol–water partition coefficient (Wildman–Crippen LogP) is 0.563. The summed E-state index contributed by atoms with van der Waals surface area (Å²) in [5, 5.41) is 32.5. The fraction of sp³-hybridized carbons (Fsp3) is 0.346. The van der Waals surface area contributed by atoms with Crippen molar-refractivity contribution in [2.45, 2.75) is 44.2 Å². The van der Waals surface area contributed by atoms with E-state index in [9.17, 15) is 33.9 Å². The molecule has 9 N–H and O–H groups in total. The number of nitrogen functional groups attached to an aromatic ring is 1. The van der Waals surface area contributed by atoms with Crippen LogP contribution in [0.4, 0.5) is 11.6 Å². The minimum absolute atomic E-state index is 0.00190. The van der Waals surface area contributed by atoms with E-state index < -0.39 is 54.6 Å². The Morgan fingerprint density at radius 3 is 2.33 bits per heavy atom. The molecule has 2 atom stereocenters. The second-order valence-corrected chi connectivity index (χ2v) is 10.0. The van der Waals surface area contributed by atoms with Crippen molar-refractivity contribution >= 4 is 64.0 Å². The molecule has 0 bridgehead atoms. The molecule has 0 saturated heterocycles. The molecule has 16 nitrogen and oxygen atoms in total. The van der Waals surface area contributed by atoms with Gasteiger partial charge in [0.05, 0.1) is 16.1 Å². The number of nitrogens with two attached hydrogens (primary N) is 1. The number of carbonyl (C=O) groups is 5. The summed E-state index contributed by atoms with van der Waals surface area (Å²) >= 11 is 6.43. The Bertz CT molecular complexity index is 1600. The molecule has 2 heterocycles. The minimum Gasteiger partial charge on any atom is -0.481 e. The topological polar surface area (TPSA) is 261 Å². The normalized spacial score (nSPS) is 12.3. The van der Waals surface area contributed by atoms with E-state index >= 15 is 0 Å². The van der Waals surface area contributed by atoms with Gasteiger partial charge in [-0.15, -0.1) is 0 Å². The van der Waals surface area contributed by atoms with Gasteiger partial charge in [-0.25, -0.2) is 9.59 Å². The number of carbonyl (C=O) groups excluding carboxylic acids is 2. The first-order chi connectivity index (χ1) is 20.3. The van der Waals surface area contributed by atoms with Crippen LogP contribution >= 0.6 is 11.6 Å². The van der Waals surface area contributed by atoms with Crippen LogP contribution in [0.15, 0.2) is 29.2 Å². The van der Waals surface area contributed by atoms with E-state index in [2.05, 4.69) is 25.6 Å². The maximum Gasteiger partial charge on any atom is 0.326 e. The van der Waals surface area contributed by atoms with E-state index in [0.29, 0.717) is 29.7 Å². The van der Waals surface area contributed by atoms with Crippen molar-refractivity contribution in [3.63, 3.8) is 0 Å². The van der Waals surface area contributed by atoms with Gasteiger partial charge in [-0.05, 0) is 43.0 Å². The van der Waals surface area contributed by atoms with Crippen LogP contribution in [-0.4, -0.2) is 85.7 Å². The van der Waals surface area contributed by atoms with Crippen molar-refractivity contribution in [2.24, 2.45) is 0 Å². The lowest BCUT2D eigenvalue weighted by Gasteiger charge is -2.21. The number of halogens is 1. The standard InChI is InChI=1S/C26H30ClN7O9/c1-34(9-8-13-11-29-21-20(13)23(39)33-26(28)32-21)17-5-2-12(10-14(17)27)22(38)31-16(25(42)43)3-6-18(35)30-15(24(40)41)4-7-19(36)37/h2,5,10-11,15-16H,3-4,6-9H2,1H3,(H,30,35)(H,31,38)(H,36,37)(H,40,41)(H,42,43)(H4,28,29,32,33,39)/t15-,16-/m0/s1. The lowest BCUT2D eigenvalue weighted by Crippen LogP contribution is -2.44. The van der Waals surface area contributed by atoms with E-state index in [1.807, 2.05) is 0 Å². The molecule has 0 unspecified atom stereocenters. The number of aromatic amines is 2. The molecule has 230 valence electrons. The molecule has 3 rings (SSSR count). The second kappa shape index (κ2) is 14.2. The fourth-order valence-electron chi connectivity index (χ4n) is 4.25. The summed E-state index contributed by atoms with van der Waals surface area (Å²) in [6.45, 7) is 0.435. The van der Waals surface area contributed by atoms with Crippen LogP contribution in [0.25, 0.3) is 11.0 Å². The SMILES string of the molecule is CN(CCc1c[nH]c2nc(N)[nH]c(=O)c12)c1ccc(C(=O)N[C@@H](CCC(=O)N[C@@H](CCC(=O)O)C(=O)O)C(=O)O)cc1Cl. The van der Waals surface area contributed by atoms with Crippen molar-refractivity contribution < 1.29 is 39.3 Å². The van der Waals surface area contributed by atoms with Crippen molar-refractivity contribution in [1.82, 2.24) is 25.6 Å². The maximum absolute atomic E-state index is 12.8. The van der Waals surface area contributed by atoms with E-state index in [1.165, 1.54) is 12.1 Å². The third kappa shape index (κ3) is 8.68. The molecular formula is C26H30ClN7O9. The minimum atomic E-state index is -1.48. The zero-order chi connectivity index (χ0) is 31.8. The van der Waals surface area contributed by atoms with E-state index in [0.717, 1.165) is 5.56 Å². The summed E-state index contributed by atoms with van der Waals surface area (Å²) in [6.07, 6.45) is 0.486. The molecule has 0 aliphatic heterocycles. The number of anilines is 2. The van der Waals surface area contributed by atoms with Crippen LogP contribution in [0.2, 0.25) is 5.02 Å². The van der Waals surface area contributed by atoms with Crippen LogP contribution in [0.5, 0.6) is 0 Å². The summed E-state index contributed by atoms with van der Waals surface area (Å²) in [4.78, 5) is 82.2. The monoisotopic (exact) mass is 619 g/mol. The summed E-state index contributed by atoms with van der Waals surface area (Å²) in [5.74, 6) is -5.66. The van der Waals surface area contributed by atoms with E-state index in [-0.39, 0.29) is 34.9 Å². The van der Waals surface area contributed by atoms with Crippen LogP contribution < -0.4 is 26.8 Å². The van der Waals surface area contributed by atoms with Crippen LogP contribution in [0, 0.1) is 0 Å². The number of benzene rings is 1. The summed E-state index contributed by atoms with van der Waals surface area (Å²) in [5.41, 5.74) is 6.92. The quantitative estimate of drug-likeness (QED) is 0.116. The van der Waals surface area contributed by atoms with Gasteiger partial charge in [0.15, 0.2) is 0 Å². The number of H-pyrrole nitrogens is 2. The molecule has 3 aromatic rings. The van der Waals surface area contributed by atoms with Crippen molar-refractivity contribution in [2.75, 3.05) is 24.2 Å². The van der Waals surface area contributed by atoms with Gasteiger partial charge in [-0.3, -0.25) is 24.2 Å². The first-order valence-corrected chi connectivity index (χ1v) is 13.3. The number of nitrogens with one attached hydrogen (secondary N) is 4. The highest BCUT2D eigenvalue weighted by Gasteiger charge is 2.25. The number of aliphatic carboxylic acids is 3. The molecule has 2 amide bonds. The van der Waals surface area contributed by atoms with Crippen molar-refractivity contribution in [3.05, 3.63) is 50.9 Å². The summed E-state index contributed by atoms with van der Waals surface area (Å²) < 4.78 is 0. The van der Waals surface area contributed by atoms with Gasteiger partial charge < -0.3 is 41.6 Å². The molecular weight excluding hydrogens is 590 g/mol. The fourth-order valence-corrected chi connectivity index (χ4v) is 4.58. The number of aromatic nitrogens is 3. The van der Waals surface area contributed by atoms with Gasteiger partial charge in [0, 0.05) is 38.2 Å². The third-order valence-electron chi connectivity index (χ3n) is 6.52. The Morgan fingerprint density at radius 2 is 1.70 bits per heavy atom. The summed E-state index contributed by atoms with van der Waals surface area (Å²) in [7, 11) is 1.76. The average Bonchev–Trinajstić information content (AvgIpc) is 3.34. The molecule has 1 aromatic carbocycles. The molecule has 0 aliphatic rings. The molecule has 17 heteroatoms. The van der Waals surface area contributed by atoms with Crippen molar-refractivity contribution in [1.29, 1.82) is 0 Å². The Kier molecular flexibility index (Phi) is 10.7. The highest BCUT2D eigenvalue weighted by molar-refractivity contribution is 6.33. The first-order valence-electron chi connectivity index (χ1n) is 12.9. The number of rotatable bonds is 15. The lowest BCUT2D eigenvalue weighted by molar-refractivity contribution is -0.143. The molecule has 0 spiro atoms. The molecule has 0 radical (unpaired) electrons. The molecule has 2 aromatic heterocycles. The van der Waals surface area contributed by atoms with Crippen molar-refractivity contribution in [3.8, 4) is 0 Å². The Morgan fingerprint density at radius 1 is 1.05 bits per heavy atom. The Balaban J connectivity index is 1.59. The molecule has 0 aliphatic carbocycles. The van der Waals surface area contributed by atoms with Gasteiger partial charge in [-0.2, -0.15) is 4.98 Å². The second-order valence-electron chi connectivity index (χ2n) is 9.62. The van der Waals surface area contributed by atoms with E-state index in [4.69, 9.17) is 27.5 Å². The Labute approximate surface area is 248 Å². The molecule has 0 fully saturated rings. The first kappa shape index (κ1) is 32.4. The largest absolute Gasteiger partial charge is 0.481 e. The maximum atomic E-state index is 12.8. The number of nitrogens with zero attached hydrogens (tertiary/aromatic N) is 2. The van der Waals surface area contributed by atoms with Gasteiger partial charge in [0.1, 0.15) is 17.7 Å². The van der Waals surface area contributed by atoms with Crippen LogP contribution in [-0.2, 0) is 25.6 Å². The number of carboxylic acids is 3. The zero-order valence-corrected chi connectivity index (χ0v) is 23.6. The zero-order valence-electron chi connectivity index (χ0n) is 22.8. The number of likely N-dealkylation sites (N-methyl/N-ethyl adjacent to an activating group) is 1. The molecule has 0 saturated carbocycles. The number of amides is 2. The Hall–Kier alpha value is -5.12.